The molecule has 0 atom stereocenters. The molecule has 1 aromatic carbocycles. The molecular formula is C9H9FN2S2. The van der Waals surface area contributed by atoms with Crippen LogP contribution in [-0.4, -0.2) is 10.9 Å². The third kappa shape index (κ3) is 2.04. The minimum atomic E-state index is -0.240. The van der Waals surface area contributed by atoms with Crippen LogP contribution in [0.1, 0.15) is 6.92 Å². The van der Waals surface area contributed by atoms with Gasteiger partial charge in [0, 0.05) is 6.07 Å². The molecular weight excluding hydrogens is 219 g/mol. The summed E-state index contributed by atoms with van der Waals surface area (Å²) in [7, 11) is 0. The Bertz CT molecular complexity index is 379. The van der Waals surface area contributed by atoms with Crippen molar-refractivity contribution in [3.8, 4) is 0 Å². The van der Waals surface area contributed by atoms with Crippen LogP contribution in [0.4, 0.5) is 10.1 Å². The van der Waals surface area contributed by atoms with Crippen molar-refractivity contribution in [3.05, 3.63) is 24.0 Å². The first-order valence-electron chi connectivity index (χ1n) is 4.23. The van der Waals surface area contributed by atoms with E-state index in [1.165, 1.54) is 24.1 Å². The van der Waals surface area contributed by atoms with Gasteiger partial charge in [-0.15, -0.1) is 0 Å². The van der Waals surface area contributed by atoms with Crippen LogP contribution in [0.5, 0.6) is 0 Å². The van der Waals surface area contributed by atoms with Gasteiger partial charge in [0.05, 0.1) is 10.6 Å². The normalized spacial score (nSPS) is 14.3. The molecule has 1 aliphatic heterocycles. The van der Waals surface area contributed by atoms with Crippen molar-refractivity contribution in [2.75, 3.05) is 5.75 Å². The second-order valence-electron chi connectivity index (χ2n) is 2.67. The first kappa shape index (κ1) is 9.86. The highest BCUT2D eigenvalue weighted by molar-refractivity contribution is 8.15. The van der Waals surface area contributed by atoms with E-state index >= 15 is 0 Å². The van der Waals surface area contributed by atoms with Crippen molar-refractivity contribution in [1.82, 2.24) is 4.72 Å². The van der Waals surface area contributed by atoms with E-state index in [9.17, 15) is 4.39 Å². The summed E-state index contributed by atoms with van der Waals surface area (Å²) in [5.74, 6) is 0.715. The summed E-state index contributed by atoms with van der Waals surface area (Å²) in [4.78, 5) is 5.27. The molecule has 1 aliphatic rings. The van der Waals surface area contributed by atoms with Gasteiger partial charge in [0.2, 0.25) is 0 Å². The van der Waals surface area contributed by atoms with Crippen LogP contribution < -0.4 is 4.72 Å². The van der Waals surface area contributed by atoms with Crippen LogP contribution in [0.3, 0.4) is 0 Å². The summed E-state index contributed by atoms with van der Waals surface area (Å²) in [6.45, 7) is 2.06. The van der Waals surface area contributed by atoms with Crippen LogP contribution >= 0.6 is 23.7 Å². The molecule has 0 fully saturated rings. The lowest BCUT2D eigenvalue weighted by molar-refractivity contribution is 0.627. The molecule has 1 aromatic rings. The topological polar surface area (TPSA) is 24.4 Å². The lowest BCUT2D eigenvalue weighted by Gasteiger charge is -2.15. The number of hydrogen-bond acceptors (Lipinski definition) is 4. The lowest BCUT2D eigenvalue weighted by Crippen LogP contribution is -2.14. The number of halogens is 1. The molecule has 0 aliphatic carbocycles. The number of fused-ring (bicyclic) bond motifs is 1. The van der Waals surface area contributed by atoms with Crippen LogP contribution in [0.2, 0.25) is 0 Å². The number of nitrogens with zero attached hydrogens (tertiary/aromatic N) is 1. The van der Waals surface area contributed by atoms with Crippen LogP contribution in [0.25, 0.3) is 0 Å². The molecule has 1 N–H and O–H groups in total. The number of benzene rings is 1. The van der Waals surface area contributed by atoms with E-state index in [0.717, 1.165) is 15.8 Å². The second-order valence-corrected chi connectivity index (χ2v) is 4.77. The first-order valence-corrected chi connectivity index (χ1v) is 6.03. The van der Waals surface area contributed by atoms with Crippen molar-refractivity contribution < 1.29 is 4.39 Å². The van der Waals surface area contributed by atoms with Crippen LogP contribution in [0.15, 0.2) is 28.1 Å². The largest absolute Gasteiger partial charge is 0.305 e. The minimum Gasteiger partial charge on any atom is -0.305 e. The van der Waals surface area contributed by atoms with Crippen LogP contribution in [-0.2, 0) is 0 Å². The van der Waals surface area contributed by atoms with Crippen molar-refractivity contribution >= 4 is 34.6 Å². The standard InChI is InChI=1S/C9H9FN2S2/c1-2-13-9-11-7-5-6(10)3-4-8(7)14-12-9/h3-5H,2H2,1H3,(H,11,12). The van der Waals surface area contributed by atoms with Gasteiger partial charge >= 0.3 is 0 Å². The maximum atomic E-state index is 12.9. The molecule has 0 spiro atoms. The summed E-state index contributed by atoms with van der Waals surface area (Å²) in [6, 6.07) is 4.64. The van der Waals surface area contributed by atoms with Crippen molar-refractivity contribution in [2.24, 2.45) is 4.99 Å². The molecule has 74 valence electrons. The number of amidine groups is 1. The molecule has 1 heterocycles. The Morgan fingerprint density at radius 1 is 1.57 bits per heavy atom. The zero-order valence-electron chi connectivity index (χ0n) is 7.58. The first-order chi connectivity index (χ1) is 6.79. The quantitative estimate of drug-likeness (QED) is 0.747. The molecule has 0 saturated heterocycles. The van der Waals surface area contributed by atoms with E-state index in [4.69, 9.17) is 0 Å². The Morgan fingerprint density at radius 3 is 3.21 bits per heavy atom. The fourth-order valence-corrected chi connectivity index (χ4v) is 2.48. The van der Waals surface area contributed by atoms with Gasteiger partial charge in [0.1, 0.15) is 5.82 Å². The number of thioether (sulfide) groups is 1. The Morgan fingerprint density at radius 2 is 2.43 bits per heavy atom. The van der Waals surface area contributed by atoms with E-state index in [1.807, 2.05) is 0 Å². The van der Waals surface area contributed by atoms with E-state index in [0.29, 0.717) is 5.69 Å². The molecule has 0 saturated carbocycles. The highest BCUT2D eigenvalue weighted by Gasteiger charge is 2.12. The summed E-state index contributed by atoms with van der Waals surface area (Å²) in [5, 5.41) is 0.843. The Kier molecular flexibility index (Phi) is 2.98. The Balaban J connectivity index is 2.32. The molecule has 2 nitrogen and oxygen atoms in total. The fourth-order valence-electron chi connectivity index (χ4n) is 1.09. The number of hydrogen-bond donors (Lipinski definition) is 1. The lowest BCUT2D eigenvalue weighted by atomic mass is 10.3. The average molecular weight is 228 g/mol. The van der Waals surface area contributed by atoms with Gasteiger partial charge < -0.3 is 4.72 Å². The van der Waals surface area contributed by atoms with Gasteiger partial charge in [-0.1, -0.05) is 18.7 Å². The van der Waals surface area contributed by atoms with Gasteiger partial charge in [0.15, 0.2) is 5.17 Å². The number of nitrogens with one attached hydrogen (secondary N) is 1. The monoisotopic (exact) mass is 228 g/mol. The summed E-state index contributed by atoms with van der Waals surface area (Å²) >= 11 is 3.09. The van der Waals surface area contributed by atoms with Gasteiger partial charge in [-0.2, -0.15) is 0 Å². The fraction of sp³-hybridized carbons (Fsp3) is 0.222. The number of aliphatic imine (C=N–C) groups is 1. The van der Waals surface area contributed by atoms with Crippen molar-refractivity contribution in [2.45, 2.75) is 11.8 Å². The minimum absolute atomic E-state index is 0.240. The summed E-state index contributed by atoms with van der Waals surface area (Å²) < 4.78 is 16.0. The third-order valence-corrected chi connectivity index (χ3v) is 3.42. The predicted molar refractivity (Wildman–Crippen MR) is 60.6 cm³/mol. The van der Waals surface area contributed by atoms with Gasteiger partial charge in [-0.25, -0.2) is 9.38 Å². The van der Waals surface area contributed by atoms with Gasteiger partial charge in [0.25, 0.3) is 0 Å². The number of rotatable bonds is 1. The second kappa shape index (κ2) is 4.23. The molecule has 14 heavy (non-hydrogen) atoms. The van der Waals surface area contributed by atoms with E-state index in [1.54, 1.807) is 17.8 Å². The zero-order valence-corrected chi connectivity index (χ0v) is 9.21. The molecule has 0 aromatic heterocycles. The molecule has 0 radical (unpaired) electrons. The SMILES string of the molecule is CCSC1=Nc2cc(F)ccc2SN1. The molecule has 5 heteroatoms. The predicted octanol–water partition coefficient (Wildman–Crippen LogP) is 3.18. The smallest absolute Gasteiger partial charge is 0.172 e. The maximum Gasteiger partial charge on any atom is 0.172 e. The molecule has 0 bridgehead atoms. The Hall–Kier alpha value is -0.680. The zero-order chi connectivity index (χ0) is 9.97. The maximum absolute atomic E-state index is 12.9. The van der Waals surface area contributed by atoms with Crippen molar-refractivity contribution in [3.63, 3.8) is 0 Å². The Labute approximate surface area is 90.5 Å². The molecule has 0 unspecified atom stereocenters. The molecule has 2 rings (SSSR count). The summed E-state index contributed by atoms with van der Waals surface area (Å²) in [6.07, 6.45) is 0. The molecule has 0 amide bonds. The van der Waals surface area contributed by atoms with E-state index in [2.05, 4.69) is 16.6 Å². The van der Waals surface area contributed by atoms with Gasteiger partial charge in [-0.3, -0.25) is 0 Å². The van der Waals surface area contributed by atoms with Gasteiger partial charge in [-0.05, 0) is 29.8 Å². The average Bonchev–Trinajstić information content (AvgIpc) is 2.17. The highest BCUT2D eigenvalue weighted by Crippen LogP contribution is 2.33. The van der Waals surface area contributed by atoms with E-state index in [-0.39, 0.29) is 5.82 Å². The van der Waals surface area contributed by atoms with E-state index < -0.39 is 0 Å². The highest BCUT2D eigenvalue weighted by atomic mass is 32.2. The summed E-state index contributed by atoms with van der Waals surface area (Å²) in [5.41, 5.74) is 0.713. The third-order valence-electron chi connectivity index (χ3n) is 1.67. The van der Waals surface area contributed by atoms with Crippen molar-refractivity contribution in [1.29, 1.82) is 0 Å². The van der Waals surface area contributed by atoms with Crippen LogP contribution in [0, 0.1) is 5.82 Å².